The summed E-state index contributed by atoms with van der Waals surface area (Å²) in [4.78, 5) is 29.1. The van der Waals surface area contributed by atoms with Crippen LogP contribution in [0.3, 0.4) is 0 Å². The molecular formula is C17H14N6O2. The SMILES string of the molecule is CCn1c(=O)c(C)nc2cc(-c3noc(-c4cnccn4)n3)ccc21. The van der Waals surface area contributed by atoms with E-state index in [1.165, 1.54) is 0 Å². The van der Waals surface area contributed by atoms with E-state index in [0.717, 1.165) is 11.1 Å². The highest BCUT2D eigenvalue weighted by molar-refractivity contribution is 5.80. The Kier molecular flexibility index (Phi) is 3.57. The van der Waals surface area contributed by atoms with Gasteiger partial charge >= 0.3 is 0 Å². The third-order valence-corrected chi connectivity index (χ3v) is 3.89. The van der Waals surface area contributed by atoms with E-state index in [2.05, 4.69) is 25.1 Å². The fourth-order valence-corrected chi connectivity index (χ4v) is 2.68. The van der Waals surface area contributed by atoms with Crippen molar-refractivity contribution in [1.82, 2.24) is 29.7 Å². The van der Waals surface area contributed by atoms with Crippen LogP contribution >= 0.6 is 0 Å². The summed E-state index contributed by atoms with van der Waals surface area (Å²) >= 11 is 0. The molecule has 0 saturated carbocycles. The van der Waals surface area contributed by atoms with Gasteiger partial charge in [-0.15, -0.1) is 0 Å². The first kappa shape index (κ1) is 15.1. The van der Waals surface area contributed by atoms with Crippen LogP contribution in [0.1, 0.15) is 12.6 Å². The van der Waals surface area contributed by atoms with Gasteiger partial charge in [-0.25, -0.2) is 9.97 Å². The highest BCUT2D eigenvalue weighted by atomic mass is 16.5. The third-order valence-electron chi connectivity index (χ3n) is 3.89. The van der Waals surface area contributed by atoms with Crippen LogP contribution < -0.4 is 5.56 Å². The lowest BCUT2D eigenvalue weighted by atomic mass is 10.1. The molecule has 0 radical (unpaired) electrons. The average molecular weight is 334 g/mol. The van der Waals surface area contributed by atoms with Crippen molar-refractivity contribution in [3.8, 4) is 23.0 Å². The maximum absolute atomic E-state index is 12.2. The summed E-state index contributed by atoms with van der Waals surface area (Å²) in [7, 11) is 0. The molecule has 0 spiro atoms. The molecule has 0 unspecified atom stereocenters. The topological polar surface area (TPSA) is 99.6 Å². The molecule has 8 nitrogen and oxygen atoms in total. The van der Waals surface area contributed by atoms with Crippen LogP contribution in [-0.2, 0) is 6.54 Å². The minimum atomic E-state index is -0.0766. The second-order valence-corrected chi connectivity index (χ2v) is 5.46. The van der Waals surface area contributed by atoms with Gasteiger partial charge in [0, 0.05) is 24.5 Å². The van der Waals surface area contributed by atoms with Crippen molar-refractivity contribution < 1.29 is 4.52 Å². The van der Waals surface area contributed by atoms with E-state index in [1.54, 1.807) is 30.1 Å². The van der Waals surface area contributed by atoms with Crippen molar-refractivity contribution in [3.63, 3.8) is 0 Å². The average Bonchev–Trinajstić information content (AvgIpc) is 3.13. The van der Waals surface area contributed by atoms with Crippen LogP contribution in [0, 0.1) is 6.92 Å². The van der Waals surface area contributed by atoms with Crippen molar-refractivity contribution in [2.24, 2.45) is 0 Å². The Morgan fingerprint density at radius 3 is 2.84 bits per heavy atom. The molecule has 4 rings (SSSR count). The van der Waals surface area contributed by atoms with Gasteiger partial charge in [0.2, 0.25) is 5.82 Å². The van der Waals surface area contributed by atoms with E-state index >= 15 is 0 Å². The van der Waals surface area contributed by atoms with E-state index in [1.807, 2.05) is 25.1 Å². The molecular weight excluding hydrogens is 320 g/mol. The van der Waals surface area contributed by atoms with E-state index in [-0.39, 0.29) is 5.56 Å². The van der Waals surface area contributed by atoms with Crippen LogP contribution in [0.4, 0.5) is 0 Å². The molecule has 25 heavy (non-hydrogen) atoms. The van der Waals surface area contributed by atoms with Crippen molar-refractivity contribution in [3.05, 3.63) is 52.8 Å². The Balaban J connectivity index is 1.82. The molecule has 0 fully saturated rings. The lowest BCUT2D eigenvalue weighted by molar-refractivity contribution is 0.431. The van der Waals surface area contributed by atoms with Gasteiger partial charge in [-0.05, 0) is 32.0 Å². The first-order valence-electron chi connectivity index (χ1n) is 7.79. The number of hydrogen-bond acceptors (Lipinski definition) is 7. The second kappa shape index (κ2) is 5.90. The number of benzene rings is 1. The second-order valence-electron chi connectivity index (χ2n) is 5.46. The lowest BCUT2D eigenvalue weighted by Gasteiger charge is -2.09. The summed E-state index contributed by atoms with van der Waals surface area (Å²) in [5.41, 5.74) is 3.13. The predicted octanol–water partition coefficient (Wildman–Crippen LogP) is 2.23. The zero-order chi connectivity index (χ0) is 17.4. The summed E-state index contributed by atoms with van der Waals surface area (Å²) in [6.45, 7) is 4.22. The van der Waals surface area contributed by atoms with Gasteiger partial charge in [0.05, 0.1) is 17.2 Å². The molecule has 0 aliphatic rings. The molecule has 0 aliphatic carbocycles. The Bertz CT molecular complexity index is 1120. The number of hydrogen-bond donors (Lipinski definition) is 0. The first-order chi connectivity index (χ1) is 12.2. The highest BCUT2D eigenvalue weighted by Crippen LogP contribution is 2.23. The van der Waals surface area contributed by atoms with Gasteiger partial charge in [-0.1, -0.05) is 5.16 Å². The maximum atomic E-state index is 12.2. The molecule has 0 aliphatic heterocycles. The van der Waals surface area contributed by atoms with Crippen LogP contribution in [-0.4, -0.2) is 29.7 Å². The molecule has 1 aromatic carbocycles. The Labute approximate surface area is 142 Å². The molecule has 4 aromatic rings. The maximum Gasteiger partial charge on any atom is 0.278 e. The molecule has 8 heteroatoms. The normalized spacial score (nSPS) is 11.1. The summed E-state index contributed by atoms with van der Waals surface area (Å²) in [6, 6.07) is 5.54. The monoisotopic (exact) mass is 334 g/mol. The van der Waals surface area contributed by atoms with Crippen LogP contribution in [0.2, 0.25) is 0 Å². The lowest BCUT2D eigenvalue weighted by Crippen LogP contribution is -2.23. The minimum absolute atomic E-state index is 0.0766. The number of fused-ring (bicyclic) bond motifs is 1. The predicted molar refractivity (Wildman–Crippen MR) is 90.7 cm³/mol. The van der Waals surface area contributed by atoms with Crippen LogP contribution in [0.5, 0.6) is 0 Å². The molecule has 0 N–H and O–H groups in total. The van der Waals surface area contributed by atoms with Gasteiger partial charge in [-0.3, -0.25) is 9.78 Å². The Morgan fingerprint density at radius 2 is 2.08 bits per heavy atom. The van der Waals surface area contributed by atoms with E-state index in [0.29, 0.717) is 35.2 Å². The minimum Gasteiger partial charge on any atom is -0.332 e. The fourth-order valence-electron chi connectivity index (χ4n) is 2.68. The zero-order valence-electron chi connectivity index (χ0n) is 13.7. The molecule has 3 aromatic heterocycles. The van der Waals surface area contributed by atoms with Crippen LogP contribution in [0.25, 0.3) is 34.0 Å². The van der Waals surface area contributed by atoms with Gasteiger partial charge in [0.15, 0.2) is 0 Å². The standard InChI is InChI=1S/C17H14N6O2/c1-3-23-14-5-4-11(8-12(14)20-10(2)17(23)24)15-21-16(25-22-15)13-9-18-6-7-19-13/h4-9H,3H2,1-2H3. The number of nitrogens with zero attached hydrogens (tertiary/aromatic N) is 6. The van der Waals surface area contributed by atoms with Gasteiger partial charge in [0.25, 0.3) is 11.4 Å². The molecule has 0 atom stereocenters. The molecule has 124 valence electrons. The van der Waals surface area contributed by atoms with Crippen molar-refractivity contribution in [2.45, 2.75) is 20.4 Å². The molecule has 0 saturated heterocycles. The summed E-state index contributed by atoms with van der Waals surface area (Å²) in [6.07, 6.45) is 4.69. The largest absolute Gasteiger partial charge is 0.332 e. The van der Waals surface area contributed by atoms with Gasteiger partial charge in [-0.2, -0.15) is 4.98 Å². The Hall–Kier alpha value is -3.42. The Morgan fingerprint density at radius 1 is 1.20 bits per heavy atom. The van der Waals surface area contributed by atoms with Crippen LogP contribution in [0.15, 0.2) is 46.1 Å². The van der Waals surface area contributed by atoms with Crippen molar-refractivity contribution in [1.29, 1.82) is 0 Å². The number of rotatable bonds is 3. The van der Waals surface area contributed by atoms with Gasteiger partial charge in [0.1, 0.15) is 11.4 Å². The summed E-state index contributed by atoms with van der Waals surface area (Å²) in [5, 5.41) is 4.00. The summed E-state index contributed by atoms with van der Waals surface area (Å²) < 4.78 is 6.96. The van der Waals surface area contributed by atoms with Crippen molar-refractivity contribution >= 4 is 11.0 Å². The van der Waals surface area contributed by atoms with E-state index in [4.69, 9.17) is 4.52 Å². The van der Waals surface area contributed by atoms with Crippen molar-refractivity contribution in [2.75, 3.05) is 0 Å². The first-order valence-corrected chi connectivity index (χ1v) is 7.79. The molecule has 3 heterocycles. The molecule has 0 amide bonds. The fraction of sp³-hybridized carbons (Fsp3) is 0.176. The van der Waals surface area contributed by atoms with E-state index < -0.39 is 0 Å². The smallest absolute Gasteiger partial charge is 0.278 e. The number of aromatic nitrogens is 6. The zero-order valence-corrected chi connectivity index (χ0v) is 13.7. The molecule has 0 bridgehead atoms. The van der Waals surface area contributed by atoms with Gasteiger partial charge < -0.3 is 9.09 Å². The third kappa shape index (κ3) is 2.57. The quantitative estimate of drug-likeness (QED) is 0.566. The van der Waals surface area contributed by atoms with E-state index in [9.17, 15) is 4.79 Å². The summed E-state index contributed by atoms with van der Waals surface area (Å²) in [5.74, 6) is 0.724. The highest BCUT2D eigenvalue weighted by Gasteiger charge is 2.14. The number of aryl methyl sites for hydroxylation is 2.